The third-order valence-corrected chi connectivity index (χ3v) is 5.04. The van der Waals surface area contributed by atoms with E-state index < -0.39 is 11.9 Å². The van der Waals surface area contributed by atoms with Crippen molar-refractivity contribution in [3.63, 3.8) is 0 Å². The average Bonchev–Trinajstić information content (AvgIpc) is 3.29. The van der Waals surface area contributed by atoms with E-state index >= 15 is 0 Å². The Bertz CT molecular complexity index is 1220. The number of hydrazine groups is 1. The summed E-state index contributed by atoms with van der Waals surface area (Å²) in [7, 11) is 0. The highest BCUT2D eigenvalue weighted by molar-refractivity contribution is 5.86. The van der Waals surface area contributed by atoms with Gasteiger partial charge in [0.2, 0.25) is 0 Å². The molecule has 1 atom stereocenters. The Morgan fingerprint density at radius 1 is 0.879 bits per heavy atom. The molecule has 8 nitrogen and oxygen atoms in total. The van der Waals surface area contributed by atoms with Crippen molar-refractivity contribution in [1.82, 2.24) is 20.4 Å². The van der Waals surface area contributed by atoms with Gasteiger partial charge in [0, 0.05) is 0 Å². The fourth-order valence-corrected chi connectivity index (χ4v) is 3.21. The first-order valence-corrected chi connectivity index (χ1v) is 10.5. The molecule has 0 saturated carbocycles. The molecule has 0 unspecified atom stereocenters. The normalized spacial score (nSPS) is 11.5. The van der Waals surface area contributed by atoms with Crippen molar-refractivity contribution < 1.29 is 19.1 Å². The summed E-state index contributed by atoms with van der Waals surface area (Å²) in [6, 6.07) is 23.8. The van der Waals surface area contributed by atoms with Crippen LogP contribution >= 0.6 is 0 Å². The molecular formula is C25H24N4O4. The maximum atomic E-state index is 12.4. The molecule has 0 aliphatic carbocycles. The number of para-hydroxylation sites is 2. The van der Waals surface area contributed by atoms with Gasteiger partial charge in [0.25, 0.3) is 11.8 Å². The minimum atomic E-state index is -0.554. The number of rotatable bonds is 8. The monoisotopic (exact) mass is 444 g/mol. The van der Waals surface area contributed by atoms with Crippen LogP contribution in [0.25, 0.3) is 11.0 Å². The van der Waals surface area contributed by atoms with Crippen LogP contribution in [-0.4, -0.2) is 28.0 Å². The summed E-state index contributed by atoms with van der Waals surface area (Å²) >= 11 is 0. The van der Waals surface area contributed by atoms with Crippen molar-refractivity contribution in [3.05, 3.63) is 90.8 Å². The highest BCUT2D eigenvalue weighted by atomic mass is 16.5. The predicted molar refractivity (Wildman–Crippen MR) is 123 cm³/mol. The number of ether oxygens (including phenoxy) is 2. The minimum Gasteiger partial charge on any atom is -0.489 e. The summed E-state index contributed by atoms with van der Waals surface area (Å²) in [5.41, 5.74) is 7.51. The molecule has 0 fully saturated rings. The van der Waals surface area contributed by atoms with Gasteiger partial charge in [-0.3, -0.25) is 20.4 Å². The maximum Gasteiger partial charge on any atom is 0.276 e. The predicted octanol–water partition coefficient (Wildman–Crippen LogP) is 3.40. The lowest BCUT2D eigenvalue weighted by atomic mass is 10.2. The van der Waals surface area contributed by atoms with Crippen molar-refractivity contribution >= 4 is 22.8 Å². The molecule has 0 radical (unpaired) electrons. The third-order valence-electron chi connectivity index (χ3n) is 5.04. The summed E-state index contributed by atoms with van der Waals surface area (Å²) in [5.74, 6) is 0.368. The van der Waals surface area contributed by atoms with Gasteiger partial charge >= 0.3 is 0 Å². The second-order valence-corrected chi connectivity index (χ2v) is 7.39. The number of aromatic nitrogens is 2. The number of carbonyl (C=O) groups excluding carboxylic acids is 2. The number of nitrogens with zero attached hydrogens (tertiary/aromatic N) is 2. The fourth-order valence-electron chi connectivity index (χ4n) is 3.21. The number of hydrogen-bond acceptors (Lipinski definition) is 5. The van der Waals surface area contributed by atoms with Gasteiger partial charge in [0.15, 0.2) is 6.61 Å². The van der Waals surface area contributed by atoms with Crippen LogP contribution in [0.4, 0.5) is 0 Å². The van der Waals surface area contributed by atoms with Gasteiger partial charge in [-0.2, -0.15) is 0 Å². The number of imidazole rings is 1. The smallest absolute Gasteiger partial charge is 0.276 e. The first-order valence-electron chi connectivity index (χ1n) is 10.5. The molecule has 2 N–H and O–H groups in total. The lowest BCUT2D eigenvalue weighted by molar-refractivity contribution is -0.131. The van der Waals surface area contributed by atoms with Crippen LogP contribution in [0.15, 0.2) is 85.2 Å². The van der Waals surface area contributed by atoms with Crippen LogP contribution < -0.4 is 20.3 Å². The maximum absolute atomic E-state index is 12.4. The minimum absolute atomic E-state index is 0.243. The summed E-state index contributed by atoms with van der Waals surface area (Å²) in [5, 5.41) is 0. The van der Waals surface area contributed by atoms with E-state index in [0.717, 1.165) is 16.6 Å². The zero-order chi connectivity index (χ0) is 23.0. The van der Waals surface area contributed by atoms with E-state index in [1.165, 1.54) is 0 Å². The first-order chi connectivity index (χ1) is 16.1. The van der Waals surface area contributed by atoms with Crippen LogP contribution in [0.2, 0.25) is 0 Å². The molecule has 0 bridgehead atoms. The van der Waals surface area contributed by atoms with E-state index in [1.807, 2.05) is 54.6 Å². The van der Waals surface area contributed by atoms with Gasteiger partial charge in [-0.05, 0) is 48.9 Å². The van der Waals surface area contributed by atoms with Gasteiger partial charge in [0.05, 0.1) is 17.4 Å². The number of fused-ring (bicyclic) bond motifs is 1. The Labute approximate surface area is 191 Å². The lowest BCUT2D eigenvalue weighted by Crippen LogP contribution is -2.46. The molecular weight excluding hydrogens is 420 g/mol. The van der Waals surface area contributed by atoms with Crippen LogP contribution in [-0.2, 0) is 16.2 Å². The molecule has 0 aliphatic heterocycles. The van der Waals surface area contributed by atoms with E-state index in [9.17, 15) is 9.59 Å². The van der Waals surface area contributed by atoms with E-state index in [0.29, 0.717) is 18.1 Å². The second-order valence-electron chi connectivity index (χ2n) is 7.39. The standard InChI is InChI=1S/C25H24N4O4/c1-18(29-17-26-22-9-5-6-10-23(22)29)25(31)28-27-24(30)16-33-21-13-11-20(12-14-21)32-15-19-7-3-2-4-8-19/h2-14,17-18H,15-16H2,1H3,(H,27,30)(H,28,31)/t18-/m1/s1. The summed E-state index contributed by atoms with van der Waals surface area (Å²) < 4.78 is 12.9. The van der Waals surface area contributed by atoms with Crippen LogP contribution in [0.1, 0.15) is 18.5 Å². The van der Waals surface area contributed by atoms with Gasteiger partial charge in [-0.15, -0.1) is 0 Å². The van der Waals surface area contributed by atoms with Crippen molar-refractivity contribution in [2.75, 3.05) is 6.61 Å². The molecule has 0 spiro atoms. The fraction of sp³-hybridized carbons (Fsp3) is 0.160. The van der Waals surface area contributed by atoms with Crippen molar-refractivity contribution in [2.45, 2.75) is 19.6 Å². The lowest BCUT2D eigenvalue weighted by Gasteiger charge is -2.15. The Kier molecular flexibility index (Phi) is 6.84. The number of hydrogen-bond donors (Lipinski definition) is 2. The first kappa shape index (κ1) is 21.9. The largest absolute Gasteiger partial charge is 0.489 e. The Hall–Kier alpha value is -4.33. The van der Waals surface area contributed by atoms with Gasteiger partial charge in [-0.1, -0.05) is 42.5 Å². The highest BCUT2D eigenvalue weighted by Gasteiger charge is 2.17. The van der Waals surface area contributed by atoms with Crippen LogP contribution in [0.3, 0.4) is 0 Å². The molecule has 168 valence electrons. The average molecular weight is 444 g/mol. The van der Waals surface area contributed by atoms with E-state index in [1.54, 1.807) is 42.1 Å². The van der Waals surface area contributed by atoms with E-state index in [4.69, 9.17) is 9.47 Å². The Balaban J connectivity index is 1.21. The Morgan fingerprint density at radius 3 is 2.30 bits per heavy atom. The zero-order valence-corrected chi connectivity index (χ0v) is 18.1. The van der Waals surface area contributed by atoms with Gasteiger partial charge in [0.1, 0.15) is 24.1 Å². The van der Waals surface area contributed by atoms with Crippen LogP contribution in [0.5, 0.6) is 11.5 Å². The molecule has 0 saturated heterocycles. The molecule has 3 aromatic carbocycles. The highest BCUT2D eigenvalue weighted by Crippen LogP contribution is 2.19. The second kappa shape index (κ2) is 10.3. The molecule has 4 aromatic rings. The van der Waals surface area contributed by atoms with Gasteiger partial charge < -0.3 is 14.0 Å². The number of nitrogens with one attached hydrogen (secondary N) is 2. The third kappa shape index (κ3) is 5.68. The molecule has 0 aliphatic rings. The molecule has 33 heavy (non-hydrogen) atoms. The van der Waals surface area contributed by atoms with Crippen molar-refractivity contribution in [2.24, 2.45) is 0 Å². The van der Waals surface area contributed by atoms with E-state index in [-0.39, 0.29) is 12.5 Å². The molecule has 2 amide bonds. The Morgan fingerprint density at radius 2 is 1.55 bits per heavy atom. The quantitative estimate of drug-likeness (QED) is 0.406. The summed E-state index contributed by atoms with van der Waals surface area (Å²) in [4.78, 5) is 28.8. The number of amides is 2. The molecule has 8 heteroatoms. The summed E-state index contributed by atoms with van der Waals surface area (Å²) in [6.07, 6.45) is 1.60. The van der Waals surface area contributed by atoms with Crippen LogP contribution in [0, 0.1) is 0 Å². The topological polar surface area (TPSA) is 94.5 Å². The molecule has 1 aromatic heterocycles. The SMILES string of the molecule is C[C@H](C(=O)NNC(=O)COc1ccc(OCc2ccccc2)cc1)n1cnc2ccccc21. The van der Waals surface area contributed by atoms with E-state index in [2.05, 4.69) is 15.8 Å². The van der Waals surface area contributed by atoms with Crippen molar-refractivity contribution in [3.8, 4) is 11.5 Å². The number of benzene rings is 3. The van der Waals surface area contributed by atoms with Gasteiger partial charge in [-0.25, -0.2) is 4.98 Å². The summed E-state index contributed by atoms with van der Waals surface area (Å²) in [6.45, 7) is 1.96. The zero-order valence-electron chi connectivity index (χ0n) is 18.1. The molecule has 1 heterocycles. The van der Waals surface area contributed by atoms with Crippen molar-refractivity contribution in [1.29, 1.82) is 0 Å². The number of carbonyl (C=O) groups is 2. The molecule has 4 rings (SSSR count).